The highest BCUT2D eigenvalue weighted by atomic mass is 16.1. The minimum absolute atomic E-state index is 0.698. The summed E-state index contributed by atoms with van der Waals surface area (Å²) in [5.41, 5.74) is 3.29. The average Bonchev–Trinajstić information content (AvgIpc) is 2.44. The van der Waals surface area contributed by atoms with E-state index in [4.69, 9.17) is 0 Å². The van der Waals surface area contributed by atoms with Crippen molar-refractivity contribution in [3.05, 3.63) is 29.3 Å². The summed E-state index contributed by atoms with van der Waals surface area (Å²) in [6, 6.07) is 5.82. The van der Waals surface area contributed by atoms with Crippen LogP contribution in [-0.4, -0.2) is 18.0 Å². The number of carbonyl (C=O) groups excluding carboxylic acids is 1. The molecular formula is C10H10N2O. The van der Waals surface area contributed by atoms with Gasteiger partial charge >= 0.3 is 0 Å². The molecule has 1 aromatic rings. The van der Waals surface area contributed by atoms with Gasteiger partial charge in [-0.05, 0) is 30.3 Å². The quantitative estimate of drug-likeness (QED) is 0.478. The minimum atomic E-state index is 0.698. The topological polar surface area (TPSA) is 32.7 Å². The molecule has 0 bridgehead atoms. The third kappa shape index (κ3) is 1.52. The number of hydrogen-bond acceptors (Lipinski definition) is 3. The number of hydrogen-bond donors (Lipinski definition) is 0. The molecule has 1 heterocycles. The zero-order valence-electron chi connectivity index (χ0n) is 7.45. The zero-order valence-corrected chi connectivity index (χ0v) is 7.45. The van der Waals surface area contributed by atoms with E-state index < -0.39 is 0 Å². The third-order valence-electron chi connectivity index (χ3n) is 2.25. The number of benzene rings is 1. The molecule has 0 aromatic heterocycles. The van der Waals surface area contributed by atoms with Crippen LogP contribution >= 0.6 is 0 Å². The van der Waals surface area contributed by atoms with Crippen molar-refractivity contribution in [3.8, 4) is 0 Å². The molecule has 0 radical (unpaired) electrons. The van der Waals surface area contributed by atoms with Crippen molar-refractivity contribution in [1.29, 1.82) is 0 Å². The first-order valence-electron chi connectivity index (χ1n) is 4.18. The summed E-state index contributed by atoms with van der Waals surface area (Å²) in [6.45, 7) is 1.93. The van der Waals surface area contributed by atoms with Gasteiger partial charge in [0.1, 0.15) is 0 Å². The predicted octanol–water partition coefficient (Wildman–Crippen LogP) is 1.60. The van der Waals surface area contributed by atoms with E-state index in [0.717, 1.165) is 13.1 Å². The number of fused-ring (bicyclic) bond motifs is 1. The Hall–Kier alpha value is -1.44. The fourth-order valence-electron chi connectivity index (χ4n) is 1.67. The fourth-order valence-corrected chi connectivity index (χ4v) is 1.67. The molecule has 0 N–H and O–H groups in total. The molecule has 0 atom stereocenters. The monoisotopic (exact) mass is 174 g/mol. The SMILES string of the molecule is CN1Cc2ccc(N=C=O)cc2C1. The lowest BCUT2D eigenvalue weighted by Crippen LogP contribution is -2.07. The van der Waals surface area contributed by atoms with Crippen LogP contribution in [0.25, 0.3) is 0 Å². The van der Waals surface area contributed by atoms with Crippen molar-refractivity contribution in [2.75, 3.05) is 7.05 Å². The second kappa shape index (κ2) is 3.13. The molecule has 0 aliphatic carbocycles. The maximum Gasteiger partial charge on any atom is 0.240 e. The Kier molecular flexibility index (Phi) is 1.97. The Morgan fingerprint density at radius 1 is 1.38 bits per heavy atom. The van der Waals surface area contributed by atoms with Crippen LogP contribution in [0.3, 0.4) is 0 Å². The molecule has 0 spiro atoms. The van der Waals surface area contributed by atoms with E-state index >= 15 is 0 Å². The van der Waals surface area contributed by atoms with Crippen molar-refractivity contribution >= 4 is 11.8 Å². The Morgan fingerprint density at radius 2 is 2.15 bits per heavy atom. The average molecular weight is 174 g/mol. The Labute approximate surface area is 76.7 Å². The van der Waals surface area contributed by atoms with Gasteiger partial charge in [0, 0.05) is 13.1 Å². The number of isocyanates is 1. The molecule has 3 heteroatoms. The summed E-state index contributed by atoms with van der Waals surface area (Å²) in [4.78, 5) is 15.8. The lowest BCUT2D eigenvalue weighted by atomic mass is 10.1. The lowest BCUT2D eigenvalue weighted by molar-refractivity contribution is 0.353. The Balaban J connectivity index is 2.39. The van der Waals surface area contributed by atoms with Crippen LogP contribution in [-0.2, 0) is 17.9 Å². The zero-order chi connectivity index (χ0) is 9.26. The number of rotatable bonds is 1. The highest BCUT2D eigenvalue weighted by Crippen LogP contribution is 2.25. The predicted molar refractivity (Wildman–Crippen MR) is 49.4 cm³/mol. The molecule has 1 aromatic carbocycles. The molecule has 13 heavy (non-hydrogen) atoms. The van der Waals surface area contributed by atoms with E-state index in [9.17, 15) is 4.79 Å². The second-order valence-electron chi connectivity index (χ2n) is 3.33. The summed E-state index contributed by atoms with van der Waals surface area (Å²) in [5.74, 6) is 0. The van der Waals surface area contributed by atoms with Gasteiger partial charge in [-0.25, -0.2) is 4.79 Å². The van der Waals surface area contributed by atoms with Crippen molar-refractivity contribution in [2.24, 2.45) is 4.99 Å². The van der Waals surface area contributed by atoms with Gasteiger partial charge < -0.3 is 0 Å². The molecule has 0 unspecified atom stereocenters. The highest BCUT2D eigenvalue weighted by Gasteiger charge is 2.14. The second-order valence-corrected chi connectivity index (χ2v) is 3.33. The number of nitrogens with zero attached hydrogens (tertiary/aromatic N) is 2. The third-order valence-corrected chi connectivity index (χ3v) is 2.25. The van der Waals surface area contributed by atoms with Crippen molar-refractivity contribution in [2.45, 2.75) is 13.1 Å². The van der Waals surface area contributed by atoms with Crippen molar-refractivity contribution in [1.82, 2.24) is 4.90 Å². The largest absolute Gasteiger partial charge is 0.298 e. The van der Waals surface area contributed by atoms with Gasteiger partial charge in [0.25, 0.3) is 0 Å². The van der Waals surface area contributed by atoms with E-state index in [1.54, 1.807) is 6.08 Å². The smallest absolute Gasteiger partial charge is 0.240 e. The van der Waals surface area contributed by atoms with Crippen LogP contribution in [0.4, 0.5) is 5.69 Å². The first kappa shape index (κ1) is 8.17. The summed E-state index contributed by atoms with van der Waals surface area (Å²) in [5, 5.41) is 0. The number of aliphatic imine (C=N–C) groups is 1. The van der Waals surface area contributed by atoms with Crippen LogP contribution in [0.15, 0.2) is 23.2 Å². The Bertz CT molecular complexity index is 381. The molecule has 1 aliphatic heterocycles. The van der Waals surface area contributed by atoms with Gasteiger partial charge in [-0.2, -0.15) is 4.99 Å². The molecule has 66 valence electrons. The van der Waals surface area contributed by atoms with Gasteiger partial charge in [-0.3, -0.25) is 4.90 Å². The first-order valence-corrected chi connectivity index (χ1v) is 4.18. The maximum atomic E-state index is 10.0. The normalized spacial score (nSPS) is 15.2. The molecule has 1 aliphatic rings. The van der Waals surface area contributed by atoms with Crippen LogP contribution in [0.1, 0.15) is 11.1 Å². The highest BCUT2D eigenvalue weighted by molar-refractivity contribution is 5.52. The van der Waals surface area contributed by atoms with Crippen LogP contribution in [0.2, 0.25) is 0 Å². The van der Waals surface area contributed by atoms with E-state index in [1.807, 2.05) is 18.2 Å². The van der Waals surface area contributed by atoms with Crippen LogP contribution < -0.4 is 0 Å². The van der Waals surface area contributed by atoms with E-state index in [2.05, 4.69) is 16.9 Å². The molecule has 0 saturated heterocycles. The van der Waals surface area contributed by atoms with Crippen molar-refractivity contribution < 1.29 is 4.79 Å². The van der Waals surface area contributed by atoms with Gasteiger partial charge in [-0.1, -0.05) is 6.07 Å². The first-order chi connectivity index (χ1) is 6.29. The van der Waals surface area contributed by atoms with Crippen LogP contribution in [0.5, 0.6) is 0 Å². The molecule has 3 nitrogen and oxygen atoms in total. The van der Waals surface area contributed by atoms with Crippen LogP contribution in [0, 0.1) is 0 Å². The maximum absolute atomic E-state index is 10.0. The summed E-state index contributed by atoms with van der Waals surface area (Å²) >= 11 is 0. The summed E-state index contributed by atoms with van der Waals surface area (Å²) in [6.07, 6.45) is 1.55. The summed E-state index contributed by atoms with van der Waals surface area (Å²) in [7, 11) is 2.07. The van der Waals surface area contributed by atoms with Crippen molar-refractivity contribution in [3.63, 3.8) is 0 Å². The molecule has 2 rings (SSSR count). The van der Waals surface area contributed by atoms with E-state index in [-0.39, 0.29) is 0 Å². The van der Waals surface area contributed by atoms with Gasteiger partial charge in [0.2, 0.25) is 6.08 Å². The molecular weight excluding hydrogens is 164 g/mol. The summed E-state index contributed by atoms with van der Waals surface area (Å²) < 4.78 is 0. The minimum Gasteiger partial charge on any atom is -0.298 e. The van der Waals surface area contributed by atoms with E-state index in [1.165, 1.54) is 11.1 Å². The molecule has 0 saturated carbocycles. The molecule has 0 amide bonds. The Morgan fingerprint density at radius 3 is 2.92 bits per heavy atom. The van der Waals surface area contributed by atoms with Gasteiger partial charge in [-0.15, -0.1) is 0 Å². The molecule has 0 fully saturated rings. The standard InChI is InChI=1S/C10H10N2O/c1-12-5-8-2-3-10(11-7-13)4-9(8)6-12/h2-4H,5-6H2,1H3. The van der Waals surface area contributed by atoms with Gasteiger partial charge in [0.15, 0.2) is 0 Å². The lowest BCUT2D eigenvalue weighted by Gasteiger charge is -2.02. The fraction of sp³-hybridized carbons (Fsp3) is 0.300. The van der Waals surface area contributed by atoms with E-state index in [0.29, 0.717) is 5.69 Å². The van der Waals surface area contributed by atoms with Gasteiger partial charge in [0.05, 0.1) is 5.69 Å².